The number of rotatable bonds is 3. The molecule has 92 valence electrons. The molecule has 1 aromatic rings. The molecule has 1 saturated heterocycles. The van der Waals surface area contributed by atoms with Crippen LogP contribution >= 0.6 is 0 Å². The van der Waals surface area contributed by atoms with Crippen LogP contribution in [0.3, 0.4) is 0 Å². The number of likely N-dealkylation sites (tertiary alicyclic amines) is 1. The SMILES string of the molecule is CC1CCN(Cc2ccc(C(=O)O)cc2F)C1. The topological polar surface area (TPSA) is 40.5 Å². The fraction of sp³-hybridized carbons (Fsp3) is 0.462. The van der Waals surface area contributed by atoms with Crippen LogP contribution in [-0.4, -0.2) is 29.1 Å². The molecule has 1 aromatic carbocycles. The van der Waals surface area contributed by atoms with E-state index in [4.69, 9.17) is 5.11 Å². The molecule has 2 rings (SSSR count). The van der Waals surface area contributed by atoms with Gasteiger partial charge in [-0.25, -0.2) is 9.18 Å². The van der Waals surface area contributed by atoms with Gasteiger partial charge in [0.25, 0.3) is 0 Å². The highest BCUT2D eigenvalue weighted by Gasteiger charge is 2.19. The quantitative estimate of drug-likeness (QED) is 0.877. The van der Waals surface area contributed by atoms with Crippen molar-refractivity contribution in [2.75, 3.05) is 13.1 Å². The lowest BCUT2D eigenvalue weighted by Gasteiger charge is -2.15. The van der Waals surface area contributed by atoms with Gasteiger partial charge in [0.2, 0.25) is 0 Å². The summed E-state index contributed by atoms with van der Waals surface area (Å²) in [5, 5.41) is 8.74. The molecule has 1 aliphatic rings. The highest BCUT2D eigenvalue weighted by molar-refractivity contribution is 5.87. The molecule has 0 spiro atoms. The number of hydrogen-bond acceptors (Lipinski definition) is 2. The van der Waals surface area contributed by atoms with Crippen LogP contribution < -0.4 is 0 Å². The number of benzene rings is 1. The Kier molecular flexibility index (Phi) is 3.43. The first-order valence-corrected chi connectivity index (χ1v) is 5.80. The van der Waals surface area contributed by atoms with Gasteiger partial charge in [-0.2, -0.15) is 0 Å². The number of carboxylic acids is 1. The lowest BCUT2D eigenvalue weighted by Crippen LogP contribution is -2.20. The summed E-state index contributed by atoms with van der Waals surface area (Å²) in [6, 6.07) is 4.12. The minimum absolute atomic E-state index is 0.000963. The van der Waals surface area contributed by atoms with Gasteiger partial charge in [0.15, 0.2) is 0 Å². The van der Waals surface area contributed by atoms with Gasteiger partial charge < -0.3 is 5.11 Å². The van der Waals surface area contributed by atoms with E-state index in [9.17, 15) is 9.18 Å². The fourth-order valence-electron chi connectivity index (χ4n) is 2.22. The van der Waals surface area contributed by atoms with Gasteiger partial charge in [0.1, 0.15) is 5.82 Å². The van der Waals surface area contributed by atoms with Crippen molar-refractivity contribution in [2.24, 2.45) is 5.92 Å². The summed E-state index contributed by atoms with van der Waals surface area (Å²) in [4.78, 5) is 12.9. The number of hydrogen-bond donors (Lipinski definition) is 1. The van der Waals surface area contributed by atoms with E-state index < -0.39 is 11.8 Å². The number of halogens is 1. The standard InChI is InChI=1S/C13H16FNO2/c1-9-4-5-15(7-9)8-11-3-2-10(13(16)17)6-12(11)14/h2-3,6,9H,4-5,7-8H2,1H3,(H,16,17). The highest BCUT2D eigenvalue weighted by atomic mass is 19.1. The van der Waals surface area contributed by atoms with Gasteiger partial charge in [-0.05, 0) is 31.0 Å². The molecule has 1 heterocycles. The maximum Gasteiger partial charge on any atom is 0.335 e. The molecule has 17 heavy (non-hydrogen) atoms. The lowest BCUT2D eigenvalue weighted by molar-refractivity contribution is 0.0696. The number of carboxylic acid groups (broad SMARTS) is 1. The van der Waals surface area contributed by atoms with E-state index in [1.54, 1.807) is 6.07 Å². The summed E-state index contributed by atoms with van der Waals surface area (Å²) in [5.41, 5.74) is 0.574. The van der Waals surface area contributed by atoms with Gasteiger partial charge >= 0.3 is 5.97 Å². The molecule has 0 aliphatic carbocycles. The average molecular weight is 237 g/mol. The Morgan fingerprint density at radius 3 is 2.88 bits per heavy atom. The molecule has 1 atom stereocenters. The minimum Gasteiger partial charge on any atom is -0.478 e. The van der Waals surface area contributed by atoms with Crippen molar-refractivity contribution in [3.8, 4) is 0 Å². The maximum atomic E-state index is 13.7. The van der Waals surface area contributed by atoms with Crippen LogP contribution in [0.4, 0.5) is 4.39 Å². The molecule has 0 saturated carbocycles. The van der Waals surface area contributed by atoms with Crippen molar-refractivity contribution in [1.82, 2.24) is 4.90 Å². The molecular weight excluding hydrogens is 221 g/mol. The first kappa shape index (κ1) is 12.0. The van der Waals surface area contributed by atoms with Gasteiger partial charge in [-0.3, -0.25) is 4.90 Å². The fourth-order valence-corrected chi connectivity index (χ4v) is 2.22. The summed E-state index contributed by atoms with van der Waals surface area (Å²) in [6.45, 7) is 4.72. The maximum absolute atomic E-state index is 13.7. The molecule has 1 aliphatic heterocycles. The zero-order valence-corrected chi connectivity index (χ0v) is 9.82. The third kappa shape index (κ3) is 2.82. The Morgan fingerprint density at radius 1 is 1.59 bits per heavy atom. The van der Waals surface area contributed by atoms with Crippen LogP contribution in [0.25, 0.3) is 0 Å². The van der Waals surface area contributed by atoms with Gasteiger partial charge in [0, 0.05) is 18.7 Å². The third-order valence-corrected chi connectivity index (χ3v) is 3.20. The first-order valence-electron chi connectivity index (χ1n) is 5.80. The summed E-state index contributed by atoms with van der Waals surface area (Å²) < 4.78 is 13.7. The average Bonchev–Trinajstić information content (AvgIpc) is 2.67. The van der Waals surface area contributed by atoms with Gasteiger partial charge in [-0.1, -0.05) is 13.0 Å². The smallest absolute Gasteiger partial charge is 0.335 e. The molecule has 1 fully saturated rings. The molecule has 3 nitrogen and oxygen atoms in total. The van der Waals surface area contributed by atoms with Crippen LogP contribution in [0.5, 0.6) is 0 Å². The molecule has 0 amide bonds. The van der Waals surface area contributed by atoms with Crippen molar-refractivity contribution >= 4 is 5.97 Å². The third-order valence-electron chi connectivity index (χ3n) is 3.20. The molecule has 1 N–H and O–H groups in total. The van der Waals surface area contributed by atoms with Gasteiger partial charge in [-0.15, -0.1) is 0 Å². The van der Waals surface area contributed by atoms with E-state index in [1.165, 1.54) is 6.07 Å². The predicted octanol–water partition coefficient (Wildman–Crippen LogP) is 2.37. The highest BCUT2D eigenvalue weighted by Crippen LogP contribution is 2.19. The van der Waals surface area contributed by atoms with Crippen molar-refractivity contribution in [2.45, 2.75) is 19.9 Å². The Balaban J connectivity index is 2.09. The molecule has 0 aromatic heterocycles. The van der Waals surface area contributed by atoms with E-state index in [0.29, 0.717) is 18.0 Å². The second kappa shape index (κ2) is 4.84. The van der Waals surface area contributed by atoms with Crippen molar-refractivity contribution in [1.29, 1.82) is 0 Å². The van der Waals surface area contributed by atoms with Gasteiger partial charge in [0.05, 0.1) is 5.56 Å². The first-order chi connectivity index (χ1) is 8.06. The summed E-state index contributed by atoms with van der Waals surface area (Å²) in [7, 11) is 0. The Labute approximate surface area is 99.9 Å². The number of nitrogens with zero attached hydrogens (tertiary/aromatic N) is 1. The molecule has 1 unspecified atom stereocenters. The van der Waals surface area contributed by atoms with Crippen LogP contribution in [0, 0.1) is 11.7 Å². The lowest BCUT2D eigenvalue weighted by atomic mass is 10.1. The summed E-state index contributed by atoms with van der Waals surface area (Å²) in [6.07, 6.45) is 1.15. The zero-order valence-electron chi connectivity index (χ0n) is 9.82. The Morgan fingerprint density at radius 2 is 2.35 bits per heavy atom. The van der Waals surface area contributed by atoms with Crippen molar-refractivity contribution < 1.29 is 14.3 Å². The summed E-state index contributed by atoms with van der Waals surface area (Å²) in [5.74, 6) is -0.856. The van der Waals surface area contributed by atoms with Crippen LogP contribution in [0.1, 0.15) is 29.3 Å². The Hall–Kier alpha value is -1.42. The minimum atomic E-state index is -1.09. The van der Waals surface area contributed by atoms with E-state index in [-0.39, 0.29) is 5.56 Å². The van der Waals surface area contributed by atoms with Crippen LogP contribution in [0.2, 0.25) is 0 Å². The van der Waals surface area contributed by atoms with E-state index >= 15 is 0 Å². The molecular formula is C13H16FNO2. The number of carbonyl (C=O) groups is 1. The monoisotopic (exact) mass is 237 g/mol. The van der Waals surface area contributed by atoms with Crippen LogP contribution in [0.15, 0.2) is 18.2 Å². The van der Waals surface area contributed by atoms with E-state index in [2.05, 4.69) is 11.8 Å². The largest absolute Gasteiger partial charge is 0.478 e. The molecule has 0 bridgehead atoms. The van der Waals surface area contributed by atoms with Crippen molar-refractivity contribution in [3.05, 3.63) is 35.1 Å². The van der Waals surface area contributed by atoms with Crippen LogP contribution in [-0.2, 0) is 6.54 Å². The molecule has 0 radical (unpaired) electrons. The second-order valence-corrected chi connectivity index (χ2v) is 4.74. The van der Waals surface area contributed by atoms with Crippen molar-refractivity contribution in [3.63, 3.8) is 0 Å². The second-order valence-electron chi connectivity index (χ2n) is 4.74. The zero-order chi connectivity index (χ0) is 12.4. The predicted molar refractivity (Wildman–Crippen MR) is 62.4 cm³/mol. The molecule has 4 heteroatoms. The Bertz CT molecular complexity index is 433. The van der Waals surface area contributed by atoms with E-state index in [0.717, 1.165) is 25.6 Å². The normalized spacial score (nSPS) is 20.7. The van der Waals surface area contributed by atoms with E-state index in [1.807, 2.05) is 0 Å². The number of aromatic carboxylic acids is 1. The summed E-state index contributed by atoms with van der Waals surface area (Å²) >= 11 is 0.